The summed E-state index contributed by atoms with van der Waals surface area (Å²) in [4.78, 5) is 26.1. The molecular formula is C21H23FN2O2. The van der Waals surface area contributed by atoms with Crippen LogP contribution in [0.2, 0.25) is 0 Å². The van der Waals surface area contributed by atoms with Crippen LogP contribution >= 0.6 is 0 Å². The number of rotatable bonds is 5. The first-order valence-corrected chi connectivity index (χ1v) is 8.97. The number of hydrogen-bond donors (Lipinski definition) is 1. The summed E-state index contributed by atoms with van der Waals surface area (Å²) in [7, 11) is 0. The van der Waals surface area contributed by atoms with Gasteiger partial charge in [-0.2, -0.15) is 0 Å². The van der Waals surface area contributed by atoms with E-state index >= 15 is 0 Å². The van der Waals surface area contributed by atoms with E-state index < -0.39 is 0 Å². The number of anilines is 1. The Bertz CT molecular complexity index is 738. The highest BCUT2D eigenvalue weighted by molar-refractivity contribution is 6.03. The number of nitrogens with one attached hydrogen (secondary N) is 1. The van der Waals surface area contributed by atoms with Crippen LogP contribution in [-0.4, -0.2) is 29.8 Å². The molecule has 4 nitrogen and oxygen atoms in total. The third-order valence-corrected chi connectivity index (χ3v) is 4.77. The lowest BCUT2D eigenvalue weighted by Crippen LogP contribution is -2.40. The molecule has 0 spiro atoms. The van der Waals surface area contributed by atoms with Crippen LogP contribution in [-0.2, 0) is 16.0 Å². The molecule has 1 saturated heterocycles. The van der Waals surface area contributed by atoms with Crippen LogP contribution in [0, 0.1) is 11.7 Å². The third kappa shape index (κ3) is 5.15. The van der Waals surface area contributed by atoms with E-state index in [1.165, 1.54) is 29.8 Å². The molecule has 0 radical (unpaired) electrons. The van der Waals surface area contributed by atoms with Crippen LogP contribution < -0.4 is 5.32 Å². The zero-order chi connectivity index (χ0) is 18.4. The maximum Gasteiger partial charge on any atom is 0.233 e. The number of piperidine rings is 1. The molecule has 5 heteroatoms. The molecule has 2 aromatic rings. The standard InChI is InChI=1S/C21H23FN2O2/c22-18-6-8-19(9-7-18)23-20(25)15-21(26)24-12-10-17(11-13-24)14-16-4-2-1-3-5-16/h1-9,17H,10-15H2,(H,23,25). The minimum absolute atomic E-state index is 0.150. The largest absolute Gasteiger partial charge is 0.342 e. The highest BCUT2D eigenvalue weighted by Gasteiger charge is 2.24. The van der Waals surface area contributed by atoms with Crippen molar-refractivity contribution in [3.63, 3.8) is 0 Å². The minimum Gasteiger partial charge on any atom is -0.342 e. The fourth-order valence-corrected chi connectivity index (χ4v) is 3.32. The zero-order valence-corrected chi connectivity index (χ0v) is 14.7. The van der Waals surface area contributed by atoms with Crippen molar-refractivity contribution in [1.82, 2.24) is 4.90 Å². The Kier molecular flexibility index (Phi) is 6.00. The van der Waals surface area contributed by atoms with Gasteiger partial charge in [-0.05, 0) is 55.0 Å². The molecule has 1 fully saturated rings. The molecule has 1 heterocycles. The van der Waals surface area contributed by atoms with Crippen LogP contribution in [0.15, 0.2) is 54.6 Å². The van der Waals surface area contributed by atoms with Crippen molar-refractivity contribution in [1.29, 1.82) is 0 Å². The van der Waals surface area contributed by atoms with Gasteiger partial charge in [0.25, 0.3) is 0 Å². The first-order valence-electron chi connectivity index (χ1n) is 8.97. The van der Waals surface area contributed by atoms with E-state index in [1.54, 1.807) is 4.90 Å². The minimum atomic E-state index is -0.368. The highest BCUT2D eigenvalue weighted by Crippen LogP contribution is 2.22. The number of benzene rings is 2. The summed E-state index contributed by atoms with van der Waals surface area (Å²) in [5.41, 5.74) is 1.82. The summed E-state index contributed by atoms with van der Waals surface area (Å²) >= 11 is 0. The molecular weight excluding hydrogens is 331 g/mol. The average molecular weight is 354 g/mol. The second kappa shape index (κ2) is 8.61. The van der Waals surface area contributed by atoms with Crippen LogP contribution in [0.3, 0.4) is 0 Å². The Labute approximate surface area is 153 Å². The highest BCUT2D eigenvalue weighted by atomic mass is 19.1. The van der Waals surface area contributed by atoms with Crippen LogP contribution in [0.5, 0.6) is 0 Å². The fraction of sp³-hybridized carbons (Fsp3) is 0.333. The molecule has 0 unspecified atom stereocenters. The number of carbonyl (C=O) groups is 2. The molecule has 3 rings (SSSR count). The van der Waals surface area contributed by atoms with Crippen molar-refractivity contribution in [3.05, 3.63) is 66.0 Å². The molecule has 0 aliphatic carbocycles. The van der Waals surface area contributed by atoms with Gasteiger partial charge in [-0.25, -0.2) is 4.39 Å². The van der Waals surface area contributed by atoms with E-state index in [2.05, 4.69) is 17.4 Å². The number of halogens is 1. The van der Waals surface area contributed by atoms with E-state index in [1.807, 2.05) is 18.2 Å². The Morgan fingerprint density at radius 1 is 1.00 bits per heavy atom. The van der Waals surface area contributed by atoms with Crippen LogP contribution in [0.1, 0.15) is 24.8 Å². The number of likely N-dealkylation sites (tertiary alicyclic amines) is 1. The molecule has 0 bridgehead atoms. The van der Waals surface area contributed by atoms with Crippen molar-refractivity contribution < 1.29 is 14.0 Å². The van der Waals surface area contributed by atoms with Gasteiger partial charge in [-0.3, -0.25) is 9.59 Å². The van der Waals surface area contributed by atoms with Crippen molar-refractivity contribution in [2.24, 2.45) is 5.92 Å². The lowest BCUT2D eigenvalue weighted by atomic mass is 9.90. The van der Waals surface area contributed by atoms with Crippen molar-refractivity contribution in [2.45, 2.75) is 25.7 Å². The van der Waals surface area contributed by atoms with E-state index in [0.29, 0.717) is 24.7 Å². The predicted octanol–water partition coefficient (Wildman–Crippen LogP) is 3.64. The van der Waals surface area contributed by atoms with Gasteiger partial charge in [0.15, 0.2) is 0 Å². The fourth-order valence-electron chi connectivity index (χ4n) is 3.32. The summed E-state index contributed by atoms with van der Waals surface area (Å²) in [5, 5.41) is 2.63. The summed E-state index contributed by atoms with van der Waals surface area (Å²) in [6.45, 7) is 1.39. The molecule has 1 N–H and O–H groups in total. The second-order valence-corrected chi connectivity index (χ2v) is 6.75. The van der Waals surface area contributed by atoms with Gasteiger partial charge in [0, 0.05) is 18.8 Å². The maximum atomic E-state index is 12.9. The predicted molar refractivity (Wildman–Crippen MR) is 99.1 cm³/mol. The second-order valence-electron chi connectivity index (χ2n) is 6.75. The van der Waals surface area contributed by atoms with Crippen molar-refractivity contribution in [3.8, 4) is 0 Å². The molecule has 26 heavy (non-hydrogen) atoms. The topological polar surface area (TPSA) is 49.4 Å². The normalized spacial score (nSPS) is 14.9. The molecule has 0 saturated carbocycles. The van der Waals surface area contributed by atoms with Gasteiger partial charge >= 0.3 is 0 Å². The quantitative estimate of drug-likeness (QED) is 0.834. The summed E-state index contributed by atoms with van der Waals surface area (Å²) in [6, 6.07) is 15.9. The van der Waals surface area contributed by atoms with Gasteiger partial charge < -0.3 is 10.2 Å². The Hall–Kier alpha value is -2.69. The van der Waals surface area contributed by atoms with Crippen molar-refractivity contribution >= 4 is 17.5 Å². The molecule has 136 valence electrons. The SMILES string of the molecule is O=C(CC(=O)N1CCC(Cc2ccccc2)CC1)Nc1ccc(F)cc1. The Morgan fingerprint density at radius 3 is 2.31 bits per heavy atom. The zero-order valence-electron chi connectivity index (χ0n) is 14.7. The maximum absolute atomic E-state index is 12.9. The molecule has 0 atom stereocenters. The third-order valence-electron chi connectivity index (χ3n) is 4.77. The number of amides is 2. The van der Waals surface area contributed by atoms with Gasteiger partial charge in [0.2, 0.25) is 11.8 Å². The number of carbonyl (C=O) groups excluding carboxylic acids is 2. The van der Waals surface area contributed by atoms with E-state index in [-0.39, 0.29) is 24.1 Å². The molecule has 2 amide bonds. The number of hydrogen-bond acceptors (Lipinski definition) is 2. The summed E-state index contributed by atoms with van der Waals surface area (Å²) < 4.78 is 12.9. The molecule has 0 aromatic heterocycles. The summed E-state index contributed by atoms with van der Waals surface area (Å²) in [6.07, 6.45) is 2.77. The average Bonchev–Trinajstić information content (AvgIpc) is 2.65. The van der Waals surface area contributed by atoms with Gasteiger partial charge in [0.05, 0.1) is 0 Å². The van der Waals surface area contributed by atoms with Gasteiger partial charge in [-0.15, -0.1) is 0 Å². The van der Waals surface area contributed by atoms with E-state index in [4.69, 9.17) is 0 Å². The van der Waals surface area contributed by atoms with Crippen LogP contribution in [0.25, 0.3) is 0 Å². The Morgan fingerprint density at radius 2 is 1.65 bits per heavy atom. The first-order chi connectivity index (χ1) is 12.6. The monoisotopic (exact) mass is 354 g/mol. The number of nitrogens with zero attached hydrogens (tertiary/aromatic N) is 1. The van der Waals surface area contributed by atoms with E-state index in [0.717, 1.165) is 19.3 Å². The van der Waals surface area contributed by atoms with E-state index in [9.17, 15) is 14.0 Å². The smallest absolute Gasteiger partial charge is 0.233 e. The van der Waals surface area contributed by atoms with Crippen LogP contribution in [0.4, 0.5) is 10.1 Å². The molecule has 1 aliphatic heterocycles. The lowest BCUT2D eigenvalue weighted by molar-refractivity contribution is -0.135. The van der Waals surface area contributed by atoms with Gasteiger partial charge in [-0.1, -0.05) is 30.3 Å². The first kappa shape index (κ1) is 18.1. The van der Waals surface area contributed by atoms with Crippen molar-refractivity contribution in [2.75, 3.05) is 18.4 Å². The lowest BCUT2D eigenvalue weighted by Gasteiger charge is -2.32. The summed E-state index contributed by atoms with van der Waals surface area (Å²) in [5.74, 6) is -0.303. The Balaban J connectivity index is 1.43. The molecule has 2 aromatic carbocycles. The molecule has 1 aliphatic rings. The van der Waals surface area contributed by atoms with Gasteiger partial charge in [0.1, 0.15) is 12.2 Å².